The van der Waals surface area contributed by atoms with Crippen LogP contribution in [0.5, 0.6) is 0 Å². The van der Waals surface area contributed by atoms with Crippen LogP contribution in [0.4, 0.5) is 0 Å². The van der Waals surface area contributed by atoms with Gasteiger partial charge in [0, 0.05) is 17.7 Å². The van der Waals surface area contributed by atoms with Crippen molar-refractivity contribution < 1.29 is 4.79 Å². The van der Waals surface area contributed by atoms with Gasteiger partial charge in [-0.15, -0.1) is 0 Å². The monoisotopic (exact) mass is 184 g/mol. The minimum atomic E-state index is -0.0926. The van der Waals surface area contributed by atoms with Crippen LogP contribution in [0.15, 0.2) is 12.3 Å². The Bertz CT molecular complexity index is 187. The molecule has 0 aromatic rings. The third kappa shape index (κ3) is 2.84. The third-order valence-corrected chi connectivity index (χ3v) is 1.86. The van der Waals surface area contributed by atoms with E-state index in [1.165, 1.54) is 7.05 Å². The molecule has 1 heterocycles. The quantitative estimate of drug-likeness (QED) is 0.620. The second-order valence-electron chi connectivity index (χ2n) is 3.97. The van der Waals surface area contributed by atoms with Crippen molar-refractivity contribution in [3.05, 3.63) is 12.3 Å². The zero-order valence-electron chi connectivity index (χ0n) is 9.05. The fraction of sp³-hybridized carbons (Fsp3) is 0.700. The van der Waals surface area contributed by atoms with Crippen molar-refractivity contribution >= 4 is 5.91 Å². The average molecular weight is 184 g/mol. The lowest BCUT2D eigenvalue weighted by atomic mass is 10.1. The molecule has 0 aromatic carbocycles. The van der Waals surface area contributed by atoms with E-state index in [1.54, 1.807) is 4.90 Å². The molecule has 1 saturated heterocycles. The van der Waals surface area contributed by atoms with E-state index in [4.69, 9.17) is 0 Å². The number of likely N-dealkylation sites (tertiary alicyclic amines) is 1. The van der Waals surface area contributed by atoms with Crippen LogP contribution in [-0.4, -0.2) is 23.4 Å². The second-order valence-corrected chi connectivity index (χ2v) is 3.97. The van der Waals surface area contributed by atoms with Crippen LogP contribution < -0.4 is 5.73 Å². The highest BCUT2D eigenvalue weighted by molar-refractivity contribution is 5.81. The van der Waals surface area contributed by atoms with Crippen molar-refractivity contribution in [2.24, 2.45) is 5.73 Å². The SMILES string of the molecule is C=C1CCC(=O)N1C(C)(C)C.CN. The van der Waals surface area contributed by atoms with E-state index in [1.807, 2.05) is 20.8 Å². The fourth-order valence-corrected chi connectivity index (χ4v) is 1.50. The van der Waals surface area contributed by atoms with Gasteiger partial charge in [-0.3, -0.25) is 4.79 Å². The summed E-state index contributed by atoms with van der Waals surface area (Å²) >= 11 is 0. The maximum atomic E-state index is 11.3. The summed E-state index contributed by atoms with van der Waals surface area (Å²) < 4.78 is 0. The molecule has 76 valence electrons. The van der Waals surface area contributed by atoms with E-state index in [-0.39, 0.29) is 11.4 Å². The van der Waals surface area contributed by atoms with Crippen LogP contribution >= 0.6 is 0 Å². The first-order valence-electron chi connectivity index (χ1n) is 4.51. The molecule has 3 heteroatoms. The van der Waals surface area contributed by atoms with Gasteiger partial charge in [0.15, 0.2) is 0 Å². The van der Waals surface area contributed by atoms with Gasteiger partial charge in [-0.25, -0.2) is 0 Å². The molecule has 0 unspecified atom stereocenters. The number of amides is 1. The Morgan fingerprint density at radius 1 is 1.31 bits per heavy atom. The molecule has 0 saturated carbocycles. The summed E-state index contributed by atoms with van der Waals surface area (Å²) in [7, 11) is 1.50. The summed E-state index contributed by atoms with van der Waals surface area (Å²) in [6.07, 6.45) is 1.46. The van der Waals surface area contributed by atoms with Gasteiger partial charge in [-0.05, 0) is 34.2 Å². The van der Waals surface area contributed by atoms with Crippen molar-refractivity contribution in [1.29, 1.82) is 0 Å². The lowest BCUT2D eigenvalue weighted by Crippen LogP contribution is -2.40. The number of carbonyl (C=O) groups excluding carboxylic acids is 1. The zero-order valence-corrected chi connectivity index (χ0v) is 9.05. The molecule has 0 aromatic heterocycles. The summed E-state index contributed by atoms with van der Waals surface area (Å²) in [5.74, 6) is 0.211. The molecule has 0 bridgehead atoms. The molecule has 0 spiro atoms. The van der Waals surface area contributed by atoms with Gasteiger partial charge < -0.3 is 10.6 Å². The average Bonchev–Trinajstić information content (AvgIpc) is 2.33. The molecule has 1 aliphatic rings. The Morgan fingerprint density at radius 2 is 1.77 bits per heavy atom. The van der Waals surface area contributed by atoms with E-state index >= 15 is 0 Å². The molecule has 1 rings (SSSR count). The topological polar surface area (TPSA) is 46.3 Å². The standard InChI is InChI=1S/C9H15NO.CH5N/c1-7-5-6-8(11)10(7)9(2,3)4;1-2/h1,5-6H2,2-4H3;2H2,1H3. The van der Waals surface area contributed by atoms with Crippen LogP contribution in [-0.2, 0) is 4.79 Å². The summed E-state index contributed by atoms with van der Waals surface area (Å²) in [6.45, 7) is 9.95. The molecule has 2 N–H and O–H groups in total. The van der Waals surface area contributed by atoms with Crippen LogP contribution in [0.2, 0.25) is 0 Å². The van der Waals surface area contributed by atoms with Crippen LogP contribution in [0.3, 0.4) is 0 Å². The number of carbonyl (C=O) groups is 1. The number of hydrogen-bond acceptors (Lipinski definition) is 2. The summed E-state index contributed by atoms with van der Waals surface area (Å²) in [5.41, 5.74) is 5.37. The molecular formula is C10H20N2O. The lowest BCUT2D eigenvalue weighted by Gasteiger charge is -2.32. The van der Waals surface area contributed by atoms with Gasteiger partial charge in [0.25, 0.3) is 0 Å². The second kappa shape index (κ2) is 4.42. The number of rotatable bonds is 0. The van der Waals surface area contributed by atoms with Crippen LogP contribution in [0.25, 0.3) is 0 Å². The van der Waals surface area contributed by atoms with E-state index < -0.39 is 0 Å². The minimum absolute atomic E-state index is 0.0926. The van der Waals surface area contributed by atoms with Gasteiger partial charge in [0.2, 0.25) is 5.91 Å². The molecule has 0 radical (unpaired) electrons. The maximum Gasteiger partial charge on any atom is 0.227 e. The van der Waals surface area contributed by atoms with Crippen molar-refractivity contribution in [1.82, 2.24) is 4.90 Å². The zero-order chi connectivity index (χ0) is 10.6. The number of nitrogens with two attached hydrogens (primary N) is 1. The van der Waals surface area contributed by atoms with Crippen LogP contribution in [0.1, 0.15) is 33.6 Å². The van der Waals surface area contributed by atoms with E-state index in [0.717, 1.165) is 12.1 Å². The van der Waals surface area contributed by atoms with Crippen molar-refractivity contribution in [2.75, 3.05) is 7.05 Å². The Kier molecular flexibility index (Phi) is 4.14. The van der Waals surface area contributed by atoms with Crippen molar-refractivity contribution in [3.8, 4) is 0 Å². The first kappa shape index (κ1) is 12.2. The van der Waals surface area contributed by atoms with Crippen LogP contribution in [0, 0.1) is 0 Å². The lowest BCUT2D eigenvalue weighted by molar-refractivity contribution is -0.130. The Balaban J connectivity index is 0.000000671. The first-order valence-corrected chi connectivity index (χ1v) is 4.51. The van der Waals surface area contributed by atoms with E-state index in [9.17, 15) is 4.79 Å². The largest absolute Gasteiger partial charge is 0.333 e. The Labute approximate surface area is 80.6 Å². The van der Waals surface area contributed by atoms with Gasteiger partial charge in [-0.1, -0.05) is 6.58 Å². The predicted octanol–water partition coefficient (Wildman–Crippen LogP) is 1.50. The molecule has 0 aliphatic carbocycles. The molecule has 1 aliphatic heterocycles. The molecule has 13 heavy (non-hydrogen) atoms. The van der Waals surface area contributed by atoms with Gasteiger partial charge in [-0.2, -0.15) is 0 Å². The molecule has 1 fully saturated rings. The smallest absolute Gasteiger partial charge is 0.227 e. The highest BCUT2D eigenvalue weighted by atomic mass is 16.2. The normalized spacial score (nSPS) is 17.2. The number of nitrogens with zero attached hydrogens (tertiary/aromatic N) is 1. The Hall–Kier alpha value is -0.830. The molecular weight excluding hydrogens is 164 g/mol. The third-order valence-electron chi connectivity index (χ3n) is 1.86. The van der Waals surface area contributed by atoms with Gasteiger partial charge >= 0.3 is 0 Å². The first-order chi connectivity index (χ1) is 5.93. The minimum Gasteiger partial charge on any atom is -0.333 e. The van der Waals surface area contributed by atoms with Gasteiger partial charge in [0.05, 0.1) is 0 Å². The van der Waals surface area contributed by atoms with E-state index in [0.29, 0.717) is 6.42 Å². The highest BCUT2D eigenvalue weighted by Crippen LogP contribution is 2.28. The highest BCUT2D eigenvalue weighted by Gasteiger charge is 2.32. The fourth-order valence-electron chi connectivity index (χ4n) is 1.50. The molecule has 1 amide bonds. The van der Waals surface area contributed by atoms with Crippen molar-refractivity contribution in [3.63, 3.8) is 0 Å². The predicted molar refractivity (Wildman–Crippen MR) is 55.1 cm³/mol. The van der Waals surface area contributed by atoms with E-state index in [2.05, 4.69) is 12.3 Å². The van der Waals surface area contributed by atoms with Crippen molar-refractivity contribution in [2.45, 2.75) is 39.2 Å². The molecule has 3 nitrogen and oxygen atoms in total. The maximum absolute atomic E-state index is 11.3. The number of hydrogen-bond donors (Lipinski definition) is 1. The summed E-state index contributed by atoms with van der Waals surface area (Å²) in [6, 6.07) is 0. The molecule has 0 atom stereocenters. The van der Waals surface area contributed by atoms with Gasteiger partial charge in [0.1, 0.15) is 0 Å². The number of allylic oxidation sites excluding steroid dienone is 1. The summed E-state index contributed by atoms with van der Waals surface area (Å²) in [4.78, 5) is 13.1. The summed E-state index contributed by atoms with van der Waals surface area (Å²) in [5, 5.41) is 0. The Morgan fingerprint density at radius 3 is 1.92 bits per heavy atom.